The number of halogens is 1. The molecule has 0 radical (unpaired) electrons. The van der Waals surface area contributed by atoms with Gasteiger partial charge in [0.05, 0.1) is 12.0 Å². The van der Waals surface area contributed by atoms with Gasteiger partial charge in [0, 0.05) is 23.8 Å². The van der Waals surface area contributed by atoms with Crippen molar-refractivity contribution in [3.05, 3.63) is 53.2 Å². The molecule has 0 bridgehead atoms. The van der Waals surface area contributed by atoms with Crippen LogP contribution in [0.25, 0.3) is 0 Å². The maximum atomic E-state index is 12.1. The summed E-state index contributed by atoms with van der Waals surface area (Å²) in [5.41, 5.74) is 0.758. The molecule has 0 aliphatic rings. The summed E-state index contributed by atoms with van der Waals surface area (Å²) < 4.78 is 29.2. The lowest BCUT2D eigenvalue weighted by Gasteiger charge is -2.07. The molecule has 0 saturated heterocycles. The van der Waals surface area contributed by atoms with Gasteiger partial charge in [-0.1, -0.05) is 11.6 Å². The Hall–Kier alpha value is -2.12. The topological polar surface area (TPSA) is 85.4 Å². The number of nitrogens with one attached hydrogen (secondary N) is 1. The summed E-state index contributed by atoms with van der Waals surface area (Å²) in [6, 6.07) is 9.05. The molecule has 2 aromatic rings. The number of benzene rings is 1. The average Bonchev–Trinajstić information content (AvgIpc) is 2.53. The average molecular weight is 355 g/mol. The van der Waals surface area contributed by atoms with Crippen molar-refractivity contribution in [1.82, 2.24) is 10.3 Å². The fourth-order valence-electron chi connectivity index (χ4n) is 1.82. The number of carbonyl (C=O) groups excluding carboxylic acids is 1. The van der Waals surface area contributed by atoms with E-state index >= 15 is 0 Å². The Kier molecular flexibility index (Phi) is 5.57. The quantitative estimate of drug-likeness (QED) is 0.855. The Bertz CT molecular complexity index is 791. The van der Waals surface area contributed by atoms with Crippen LogP contribution in [0.15, 0.2) is 47.5 Å². The van der Waals surface area contributed by atoms with Gasteiger partial charge in [-0.05, 0) is 35.9 Å². The summed E-state index contributed by atoms with van der Waals surface area (Å²) in [7, 11) is -2.21. The van der Waals surface area contributed by atoms with Gasteiger partial charge in [0.2, 0.25) is 11.8 Å². The molecule has 1 aromatic carbocycles. The number of carbonyl (C=O) groups is 1. The van der Waals surface area contributed by atoms with E-state index in [1.807, 2.05) is 0 Å². The lowest BCUT2D eigenvalue weighted by Crippen LogP contribution is -2.29. The van der Waals surface area contributed by atoms with Crippen LogP contribution in [0.5, 0.6) is 5.88 Å². The van der Waals surface area contributed by atoms with Gasteiger partial charge in [0.15, 0.2) is 9.84 Å². The molecule has 1 N–H and O–H groups in total. The molecule has 23 heavy (non-hydrogen) atoms. The van der Waals surface area contributed by atoms with E-state index in [1.165, 1.54) is 31.4 Å². The largest absolute Gasteiger partial charge is 0.481 e. The molecule has 0 atom stereocenters. The van der Waals surface area contributed by atoms with E-state index in [2.05, 4.69) is 10.3 Å². The fraction of sp³-hybridized carbons (Fsp3) is 0.200. The molecule has 1 aromatic heterocycles. The van der Waals surface area contributed by atoms with Crippen LogP contribution < -0.4 is 10.1 Å². The van der Waals surface area contributed by atoms with Gasteiger partial charge in [-0.2, -0.15) is 0 Å². The highest BCUT2D eigenvalue weighted by atomic mass is 35.5. The van der Waals surface area contributed by atoms with E-state index in [-0.39, 0.29) is 11.4 Å². The Morgan fingerprint density at radius 1 is 1.26 bits per heavy atom. The molecule has 0 aliphatic heterocycles. The number of sulfone groups is 1. The van der Waals surface area contributed by atoms with Crippen molar-refractivity contribution in [2.45, 2.75) is 11.4 Å². The Morgan fingerprint density at radius 3 is 2.61 bits per heavy atom. The maximum absolute atomic E-state index is 12.1. The first kappa shape index (κ1) is 17.2. The van der Waals surface area contributed by atoms with E-state index < -0.39 is 21.5 Å². The molecule has 1 heterocycles. The highest BCUT2D eigenvalue weighted by molar-refractivity contribution is 7.92. The maximum Gasteiger partial charge on any atom is 0.235 e. The van der Waals surface area contributed by atoms with E-state index in [0.29, 0.717) is 10.9 Å². The molecule has 0 aliphatic carbocycles. The molecule has 1 amide bonds. The van der Waals surface area contributed by atoms with Gasteiger partial charge in [0.25, 0.3) is 0 Å². The molecule has 8 heteroatoms. The van der Waals surface area contributed by atoms with Crippen molar-refractivity contribution in [3.8, 4) is 5.88 Å². The number of nitrogens with zero attached hydrogens (tertiary/aromatic N) is 1. The van der Waals surface area contributed by atoms with Gasteiger partial charge in [-0.15, -0.1) is 0 Å². The van der Waals surface area contributed by atoms with Crippen LogP contribution in [0.1, 0.15) is 5.56 Å². The number of hydrogen-bond acceptors (Lipinski definition) is 5. The van der Waals surface area contributed by atoms with Crippen LogP contribution in [0.3, 0.4) is 0 Å². The lowest BCUT2D eigenvalue weighted by atomic mass is 10.2. The van der Waals surface area contributed by atoms with Crippen molar-refractivity contribution >= 4 is 27.3 Å². The molecular weight excluding hydrogens is 340 g/mol. The van der Waals surface area contributed by atoms with E-state index in [9.17, 15) is 13.2 Å². The van der Waals surface area contributed by atoms with E-state index in [1.54, 1.807) is 18.3 Å². The van der Waals surface area contributed by atoms with Gasteiger partial charge in [-0.3, -0.25) is 4.79 Å². The van der Waals surface area contributed by atoms with Crippen LogP contribution >= 0.6 is 11.6 Å². The molecule has 0 spiro atoms. The predicted octanol–water partition coefficient (Wildman–Crippen LogP) is 1.83. The van der Waals surface area contributed by atoms with Crippen molar-refractivity contribution in [2.75, 3.05) is 12.9 Å². The molecular formula is C15H15ClN2O4S. The summed E-state index contributed by atoms with van der Waals surface area (Å²) in [5.74, 6) is -0.794. The molecule has 0 unspecified atom stereocenters. The summed E-state index contributed by atoms with van der Waals surface area (Å²) in [5, 5.41) is 2.99. The van der Waals surface area contributed by atoms with E-state index in [4.69, 9.17) is 16.3 Å². The number of amides is 1. The molecule has 0 saturated carbocycles. The van der Waals surface area contributed by atoms with Crippen LogP contribution in [0.2, 0.25) is 5.02 Å². The van der Waals surface area contributed by atoms with Crippen LogP contribution in [-0.2, 0) is 21.2 Å². The Balaban J connectivity index is 1.97. The standard InChI is InChI=1S/C15H15ClN2O4S/c1-22-15-8-11(6-7-17-15)9-18-14(19)10-23(20,21)13-4-2-12(16)3-5-13/h2-8H,9-10H2,1H3,(H,18,19). The Morgan fingerprint density at radius 2 is 1.96 bits per heavy atom. The van der Waals surface area contributed by atoms with Crippen molar-refractivity contribution in [1.29, 1.82) is 0 Å². The lowest BCUT2D eigenvalue weighted by molar-refractivity contribution is -0.118. The zero-order valence-corrected chi connectivity index (χ0v) is 13.9. The zero-order valence-electron chi connectivity index (χ0n) is 12.3. The second-order valence-corrected chi connectivity index (χ2v) is 7.12. The minimum atomic E-state index is -3.70. The summed E-state index contributed by atoms with van der Waals surface area (Å²) >= 11 is 5.72. The smallest absolute Gasteiger partial charge is 0.235 e. The number of methoxy groups -OCH3 is 1. The number of pyridine rings is 1. The van der Waals surface area contributed by atoms with Crippen molar-refractivity contribution in [3.63, 3.8) is 0 Å². The summed E-state index contributed by atoms with van der Waals surface area (Å²) in [6.07, 6.45) is 1.55. The zero-order chi connectivity index (χ0) is 16.9. The highest BCUT2D eigenvalue weighted by Crippen LogP contribution is 2.15. The van der Waals surface area contributed by atoms with Crippen molar-refractivity contribution in [2.24, 2.45) is 0 Å². The third kappa shape index (κ3) is 4.94. The summed E-state index contributed by atoms with van der Waals surface area (Å²) in [4.78, 5) is 15.9. The van der Waals surface area contributed by atoms with Gasteiger partial charge in [0.1, 0.15) is 5.75 Å². The second kappa shape index (κ2) is 7.43. The minimum Gasteiger partial charge on any atom is -0.481 e. The van der Waals surface area contributed by atoms with E-state index in [0.717, 1.165) is 5.56 Å². The third-order valence-electron chi connectivity index (χ3n) is 2.99. The highest BCUT2D eigenvalue weighted by Gasteiger charge is 2.19. The first-order valence-corrected chi connectivity index (χ1v) is 8.68. The van der Waals surface area contributed by atoms with Crippen LogP contribution in [0.4, 0.5) is 0 Å². The fourth-order valence-corrected chi connectivity index (χ4v) is 3.11. The SMILES string of the molecule is COc1cc(CNC(=O)CS(=O)(=O)c2ccc(Cl)cc2)ccn1. The second-order valence-electron chi connectivity index (χ2n) is 4.70. The Labute approximate surface area is 139 Å². The number of rotatable bonds is 6. The minimum absolute atomic E-state index is 0.0580. The monoisotopic (exact) mass is 354 g/mol. The third-order valence-corrected chi connectivity index (χ3v) is 4.88. The first-order chi connectivity index (χ1) is 10.9. The number of ether oxygens (including phenoxy) is 1. The van der Waals surface area contributed by atoms with Crippen LogP contribution in [-0.4, -0.2) is 32.2 Å². The first-order valence-electron chi connectivity index (χ1n) is 6.64. The van der Waals surface area contributed by atoms with Gasteiger partial charge in [-0.25, -0.2) is 13.4 Å². The summed E-state index contributed by atoms with van der Waals surface area (Å²) in [6.45, 7) is 0.188. The molecule has 6 nitrogen and oxygen atoms in total. The van der Waals surface area contributed by atoms with Gasteiger partial charge < -0.3 is 10.1 Å². The van der Waals surface area contributed by atoms with Crippen LogP contribution in [0, 0.1) is 0 Å². The number of aromatic nitrogens is 1. The molecule has 0 fully saturated rings. The van der Waals surface area contributed by atoms with Crippen molar-refractivity contribution < 1.29 is 17.9 Å². The number of hydrogen-bond donors (Lipinski definition) is 1. The predicted molar refractivity (Wildman–Crippen MR) is 86.1 cm³/mol. The molecule has 122 valence electrons. The normalized spacial score (nSPS) is 11.0. The van der Waals surface area contributed by atoms with Gasteiger partial charge >= 0.3 is 0 Å². The molecule has 2 rings (SSSR count).